The number of nitrogens with zero attached hydrogens (tertiary/aromatic N) is 1. The number of benzene rings is 1. The van der Waals surface area contributed by atoms with E-state index in [9.17, 15) is 9.90 Å². The summed E-state index contributed by atoms with van der Waals surface area (Å²) in [5.74, 6) is -0.498. The quantitative estimate of drug-likeness (QED) is 0.812. The van der Waals surface area contributed by atoms with E-state index in [-0.39, 0.29) is 12.2 Å². The molecule has 2 rings (SSSR count). The molecular weight excluding hydrogens is 258 g/mol. The maximum atomic E-state index is 11.5. The van der Waals surface area contributed by atoms with Gasteiger partial charge in [0.2, 0.25) is 0 Å². The molecule has 0 aliphatic carbocycles. The number of carboxylic acids is 1. The summed E-state index contributed by atoms with van der Waals surface area (Å²) in [5.41, 5.74) is 0.834. The Labute approximate surface area is 117 Å². The van der Waals surface area contributed by atoms with Gasteiger partial charge in [-0.1, -0.05) is 25.1 Å². The standard InChI is InChI=1S/C15H19NO4/c1-2-16(8-5-9-17)10-13-14(15(18)19)11-6-3-4-7-12(11)20-13/h3-4,6-7,17H,2,5,8-10H2,1H3,(H,18,19). The lowest BCUT2D eigenvalue weighted by Crippen LogP contribution is -2.25. The Hall–Kier alpha value is -1.85. The number of aliphatic hydroxyl groups excluding tert-OH is 1. The van der Waals surface area contributed by atoms with Gasteiger partial charge in [-0.15, -0.1) is 0 Å². The molecule has 5 nitrogen and oxygen atoms in total. The maximum Gasteiger partial charge on any atom is 0.339 e. The Bertz CT molecular complexity index is 591. The molecule has 0 unspecified atom stereocenters. The molecule has 0 bridgehead atoms. The largest absolute Gasteiger partial charge is 0.478 e. The van der Waals surface area contributed by atoms with Crippen molar-refractivity contribution in [2.75, 3.05) is 19.7 Å². The Morgan fingerprint density at radius 2 is 2.10 bits per heavy atom. The van der Waals surface area contributed by atoms with Gasteiger partial charge in [-0.25, -0.2) is 4.79 Å². The first kappa shape index (κ1) is 14.6. The lowest BCUT2D eigenvalue weighted by molar-refractivity contribution is 0.0694. The van der Waals surface area contributed by atoms with Crippen molar-refractivity contribution in [3.05, 3.63) is 35.6 Å². The molecule has 2 N–H and O–H groups in total. The summed E-state index contributed by atoms with van der Waals surface area (Å²) in [6.07, 6.45) is 0.663. The van der Waals surface area contributed by atoms with Gasteiger partial charge in [-0.2, -0.15) is 0 Å². The molecule has 0 atom stereocenters. The van der Waals surface area contributed by atoms with Crippen molar-refractivity contribution in [1.82, 2.24) is 4.90 Å². The van der Waals surface area contributed by atoms with E-state index in [1.165, 1.54) is 0 Å². The molecule has 2 aromatic rings. The molecule has 0 aliphatic rings. The smallest absolute Gasteiger partial charge is 0.339 e. The van der Waals surface area contributed by atoms with Crippen LogP contribution < -0.4 is 0 Å². The number of aromatic carboxylic acids is 1. The first-order valence-corrected chi connectivity index (χ1v) is 6.74. The molecule has 0 saturated carbocycles. The van der Waals surface area contributed by atoms with E-state index in [1.54, 1.807) is 18.2 Å². The number of fused-ring (bicyclic) bond motifs is 1. The number of furan rings is 1. The molecule has 20 heavy (non-hydrogen) atoms. The van der Waals surface area contributed by atoms with Crippen molar-refractivity contribution in [2.24, 2.45) is 0 Å². The van der Waals surface area contributed by atoms with Gasteiger partial charge < -0.3 is 14.6 Å². The van der Waals surface area contributed by atoms with Crippen LogP contribution in [-0.2, 0) is 6.54 Å². The van der Waals surface area contributed by atoms with Crippen LogP contribution in [0, 0.1) is 0 Å². The molecule has 0 spiro atoms. The van der Waals surface area contributed by atoms with Crippen LogP contribution in [0.3, 0.4) is 0 Å². The number of hydrogen-bond donors (Lipinski definition) is 2. The third kappa shape index (κ3) is 3.00. The molecule has 1 heterocycles. The molecule has 1 aromatic heterocycles. The zero-order valence-electron chi connectivity index (χ0n) is 11.5. The lowest BCUT2D eigenvalue weighted by Gasteiger charge is -2.18. The summed E-state index contributed by atoms with van der Waals surface area (Å²) >= 11 is 0. The average Bonchev–Trinajstić information content (AvgIpc) is 2.81. The second-order valence-corrected chi connectivity index (χ2v) is 4.65. The molecule has 0 saturated heterocycles. The van der Waals surface area contributed by atoms with Crippen LogP contribution in [0.2, 0.25) is 0 Å². The van der Waals surface area contributed by atoms with Gasteiger partial charge in [0.05, 0.1) is 6.54 Å². The third-order valence-electron chi connectivity index (χ3n) is 3.33. The number of para-hydroxylation sites is 1. The van der Waals surface area contributed by atoms with E-state index in [4.69, 9.17) is 9.52 Å². The van der Waals surface area contributed by atoms with Gasteiger partial charge in [-0.3, -0.25) is 4.90 Å². The van der Waals surface area contributed by atoms with Crippen LogP contribution >= 0.6 is 0 Å². The summed E-state index contributed by atoms with van der Waals surface area (Å²) in [6, 6.07) is 7.16. The van der Waals surface area contributed by atoms with Gasteiger partial charge in [0.15, 0.2) is 0 Å². The Kier molecular flexibility index (Phi) is 4.76. The maximum absolute atomic E-state index is 11.5. The molecule has 0 aliphatic heterocycles. The minimum atomic E-state index is -0.969. The fraction of sp³-hybridized carbons (Fsp3) is 0.400. The fourth-order valence-electron chi connectivity index (χ4n) is 2.29. The lowest BCUT2D eigenvalue weighted by atomic mass is 10.1. The number of hydrogen-bond acceptors (Lipinski definition) is 4. The fourth-order valence-corrected chi connectivity index (χ4v) is 2.29. The van der Waals surface area contributed by atoms with E-state index in [0.29, 0.717) is 36.2 Å². The summed E-state index contributed by atoms with van der Waals surface area (Å²) in [6.45, 7) is 4.05. The van der Waals surface area contributed by atoms with E-state index in [0.717, 1.165) is 6.54 Å². The molecule has 0 fully saturated rings. The van der Waals surface area contributed by atoms with Crippen molar-refractivity contribution < 1.29 is 19.4 Å². The number of aliphatic hydroxyl groups is 1. The van der Waals surface area contributed by atoms with Gasteiger partial charge >= 0.3 is 5.97 Å². The topological polar surface area (TPSA) is 73.9 Å². The molecule has 108 valence electrons. The number of carbonyl (C=O) groups is 1. The van der Waals surface area contributed by atoms with E-state index < -0.39 is 5.97 Å². The van der Waals surface area contributed by atoms with Crippen LogP contribution in [0.5, 0.6) is 0 Å². The van der Waals surface area contributed by atoms with E-state index >= 15 is 0 Å². The van der Waals surface area contributed by atoms with Crippen LogP contribution in [0.25, 0.3) is 11.0 Å². The Morgan fingerprint density at radius 1 is 1.35 bits per heavy atom. The first-order valence-electron chi connectivity index (χ1n) is 6.74. The van der Waals surface area contributed by atoms with Gasteiger partial charge in [0.25, 0.3) is 0 Å². The van der Waals surface area contributed by atoms with Crippen LogP contribution in [0.15, 0.2) is 28.7 Å². The second kappa shape index (κ2) is 6.54. The third-order valence-corrected chi connectivity index (χ3v) is 3.33. The minimum absolute atomic E-state index is 0.127. The van der Waals surface area contributed by atoms with Crippen molar-refractivity contribution in [2.45, 2.75) is 19.9 Å². The first-order chi connectivity index (χ1) is 9.67. The average molecular weight is 277 g/mol. The predicted octanol–water partition coefficient (Wildman–Crippen LogP) is 2.34. The van der Waals surface area contributed by atoms with Gasteiger partial charge in [0, 0.05) is 18.5 Å². The Morgan fingerprint density at radius 3 is 2.75 bits per heavy atom. The van der Waals surface area contributed by atoms with Crippen molar-refractivity contribution in [1.29, 1.82) is 0 Å². The minimum Gasteiger partial charge on any atom is -0.478 e. The van der Waals surface area contributed by atoms with Crippen molar-refractivity contribution >= 4 is 16.9 Å². The summed E-state index contributed by atoms with van der Waals surface area (Å²) in [5, 5.41) is 18.9. The molecule has 1 aromatic carbocycles. The monoisotopic (exact) mass is 277 g/mol. The van der Waals surface area contributed by atoms with E-state index in [1.807, 2.05) is 13.0 Å². The highest BCUT2D eigenvalue weighted by molar-refractivity contribution is 6.03. The highest BCUT2D eigenvalue weighted by Gasteiger charge is 2.21. The summed E-state index contributed by atoms with van der Waals surface area (Å²) in [7, 11) is 0. The number of carboxylic acid groups (broad SMARTS) is 1. The molecular formula is C15H19NO4. The van der Waals surface area contributed by atoms with Crippen LogP contribution in [0.4, 0.5) is 0 Å². The predicted molar refractivity (Wildman–Crippen MR) is 75.8 cm³/mol. The second-order valence-electron chi connectivity index (χ2n) is 4.65. The SMILES string of the molecule is CCN(CCCO)Cc1oc2ccccc2c1C(=O)O. The van der Waals surface area contributed by atoms with Crippen LogP contribution in [-0.4, -0.2) is 40.8 Å². The molecule has 0 radical (unpaired) electrons. The summed E-state index contributed by atoms with van der Waals surface area (Å²) in [4.78, 5) is 13.5. The zero-order chi connectivity index (χ0) is 14.5. The van der Waals surface area contributed by atoms with Crippen molar-refractivity contribution in [3.63, 3.8) is 0 Å². The van der Waals surface area contributed by atoms with Gasteiger partial charge in [-0.05, 0) is 19.0 Å². The highest BCUT2D eigenvalue weighted by Crippen LogP contribution is 2.26. The molecule has 5 heteroatoms. The van der Waals surface area contributed by atoms with E-state index in [2.05, 4.69) is 4.90 Å². The highest BCUT2D eigenvalue weighted by atomic mass is 16.4. The normalized spacial score (nSPS) is 11.3. The van der Waals surface area contributed by atoms with Gasteiger partial charge in [0.1, 0.15) is 16.9 Å². The number of rotatable bonds is 7. The summed E-state index contributed by atoms with van der Waals surface area (Å²) < 4.78 is 5.69. The van der Waals surface area contributed by atoms with Crippen LogP contribution in [0.1, 0.15) is 29.5 Å². The molecule has 0 amide bonds. The van der Waals surface area contributed by atoms with Crippen molar-refractivity contribution in [3.8, 4) is 0 Å². The zero-order valence-corrected chi connectivity index (χ0v) is 11.5. The Balaban J connectivity index is 2.33.